The first-order valence-corrected chi connectivity index (χ1v) is 7.20. The third-order valence-corrected chi connectivity index (χ3v) is 4.75. The molecule has 6 heteroatoms. The molecule has 0 fully saturated rings. The average molecular weight is 276 g/mol. The molecule has 0 aliphatic carbocycles. The first-order chi connectivity index (χ1) is 8.79. The summed E-state index contributed by atoms with van der Waals surface area (Å²) < 4.78 is 1.98. The van der Waals surface area contributed by atoms with Crippen LogP contribution in [0.25, 0.3) is 21.3 Å². The highest BCUT2D eigenvalue weighted by molar-refractivity contribution is 7.21. The van der Waals surface area contributed by atoms with E-state index in [-0.39, 0.29) is 0 Å². The number of thiophene rings is 1. The second kappa shape index (κ2) is 4.64. The molecule has 0 atom stereocenters. The smallest absolute Gasteiger partial charge is 0.159 e. The Balaban J connectivity index is 2.19. The zero-order valence-corrected chi connectivity index (χ0v) is 11.5. The zero-order valence-electron chi connectivity index (χ0n) is 9.83. The predicted octanol–water partition coefficient (Wildman–Crippen LogP) is 2.73. The lowest BCUT2D eigenvalue weighted by Gasteiger charge is -2.00. The molecule has 0 aliphatic heterocycles. The quantitative estimate of drug-likeness (QED) is 0.800. The normalized spacial score (nSPS) is 11.0. The van der Waals surface area contributed by atoms with E-state index < -0.39 is 0 Å². The molecule has 0 aliphatic rings. The van der Waals surface area contributed by atoms with Crippen LogP contribution in [0.4, 0.5) is 0 Å². The molecule has 4 nitrogen and oxygen atoms in total. The summed E-state index contributed by atoms with van der Waals surface area (Å²) in [6, 6.07) is 4.15. The van der Waals surface area contributed by atoms with Crippen LogP contribution in [-0.4, -0.2) is 14.5 Å². The van der Waals surface area contributed by atoms with E-state index in [2.05, 4.69) is 21.4 Å². The maximum absolute atomic E-state index is 5.70. The third-order valence-electron chi connectivity index (χ3n) is 2.62. The van der Waals surface area contributed by atoms with Gasteiger partial charge in [-0.3, -0.25) is 0 Å². The number of hydrogen-bond donors (Lipinski definition) is 1. The fourth-order valence-electron chi connectivity index (χ4n) is 1.77. The van der Waals surface area contributed by atoms with Gasteiger partial charge in [0.15, 0.2) is 5.82 Å². The Kier molecular flexibility index (Phi) is 2.99. The lowest BCUT2D eigenvalue weighted by molar-refractivity contribution is 0.916. The van der Waals surface area contributed by atoms with Gasteiger partial charge < -0.3 is 10.3 Å². The number of imidazole rings is 1. The summed E-state index contributed by atoms with van der Waals surface area (Å²) in [5.74, 6) is 0.884. The highest BCUT2D eigenvalue weighted by Gasteiger charge is 2.17. The number of nitrogens with zero attached hydrogens (tertiary/aromatic N) is 3. The van der Waals surface area contributed by atoms with Crippen molar-refractivity contribution in [3.63, 3.8) is 0 Å². The molecule has 0 spiro atoms. The molecular weight excluding hydrogens is 264 g/mol. The number of rotatable bonds is 3. The van der Waals surface area contributed by atoms with Crippen molar-refractivity contribution in [3.05, 3.63) is 34.9 Å². The second-order valence-electron chi connectivity index (χ2n) is 3.83. The Morgan fingerprint density at radius 2 is 2.33 bits per heavy atom. The summed E-state index contributed by atoms with van der Waals surface area (Å²) in [6.45, 7) is 0.466. The maximum Gasteiger partial charge on any atom is 0.159 e. The highest BCUT2D eigenvalue weighted by Crippen LogP contribution is 2.38. The zero-order chi connectivity index (χ0) is 12.5. The largest absolute Gasteiger partial charge is 0.333 e. The summed E-state index contributed by atoms with van der Waals surface area (Å²) in [4.78, 5) is 11.3. The summed E-state index contributed by atoms with van der Waals surface area (Å²) in [5.41, 5.74) is 6.63. The standard InChI is InChI=1S/C12H12N4S2/c1-16-5-4-14-12(16)10-11(8-3-2-6-17-8)18-9(7-13)15-10/h2-6H,7,13H2,1H3. The van der Waals surface area contributed by atoms with Gasteiger partial charge in [0, 0.05) is 30.9 Å². The van der Waals surface area contributed by atoms with Gasteiger partial charge >= 0.3 is 0 Å². The predicted molar refractivity (Wildman–Crippen MR) is 75.5 cm³/mol. The van der Waals surface area contributed by atoms with E-state index in [9.17, 15) is 0 Å². The number of aromatic nitrogens is 3. The van der Waals surface area contributed by atoms with Gasteiger partial charge in [0.05, 0.1) is 4.88 Å². The summed E-state index contributed by atoms with van der Waals surface area (Å²) in [6.07, 6.45) is 3.71. The van der Waals surface area contributed by atoms with Crippen molar-refractivity contribution >= 4 is 22.7 Å². The van der Waals surface area contributed by atoms with Crippen LogP contribution in [0.1, 0.15) is 5.01 Å². The first kappa shape index (κ1) is 11.6. The Hall–Kier alpha value is -1.50. The van der Waals surface area contributed by atoms with E-state index in [1.165, 1.54) is 4.88 Å². The highest BCUT2D eigenvalue weighted by atomic mass is 32.1. The molecule has 18 heavy (non-hydrogen) atoms. The SMILES string of the molecule is Cn1ccnc1-c1nc(CN)sc1-c1cccs1. The lowest BCUT2D eigenvalue weighted by atomic mass is 10.3. The lowest BCUT2D eigenvalue weighted by Crippen LogP contribution is -1.96. The Bertz CT molecular complexity index is 651. The van der Waals surface area contributed by atoms with Crippen molar-refractivity contribution in [1.29, 1.82) is 0 Å². The van der Waals surface area contributed by atoms with Crippen molar-refractivity contribution in [2.75, 3.05) is 0 Å². The van der Waals surface area contributed by atoms with Crippen LogP contribution in [0, 0.1) is 0 Å². The summed E-state index contributed by atoms with van der Waals surface area (Å²) >= 11 is 3.35. The van der Waals surface area contributed by atoms with Crippen LogP contribution in [0.3, 0.4) is 0 Å². The van der Waals surface area contributed by atoms with Gasteiger partial charge in [0.25, 0.3) is 0 Å². The molecule has 3 aromatic rings. The molecule has 2 N–H and O–H groups in total. The van der Waals surface area contributed by atoms with E-state index in [0.29, 0.717) is 6.54 Å². The first-order valence-electron chi connectivity index (χ1n) is 5.51. The van der Waals surface area contributed by atoms with E-state index in [1.54, 1.807) is 28.9 Å². The maximum atomic E-state index is 5.70. The molecule has 0 saturated heterocycles. The summed E-state index contributed by atoms with van der Waals surface area (Å²) in [7, 11) is 1.97. The van der Waals surface area contributed by atoms with Crippen molar-refractivity contribution in [2.45, 2.75) is 6.54 Å². The van der Waals surface area contributed by atoms with Gasteiger partial charge in [-0.1, -0.05) is 6.07 Å². The van der Waals surface area contributed by atoms with Crippen molar-refractivity contribution < 1.29 is 0 Å². The van der Waals surface area contributed by atoms with Crippen LogP contribution in [0.2, 0.25) is 0 Å². The molecule has 0 radical (unpaired) electrons. The number of nitrogens with two attached hydrogens (primary N) is 1. The van der Waals surface area contributed by atoms with Gasteiger partial charge in [-0.05, 0) is 11.4 Å². The van der Waals surface area contributed by atoms with Crippen LogP contribution < -0.4 is 5.73 Å². The summed E-state index contributed by atoms with van der Waals surface area (Å²) in [5, 5.41) is 3.01. The van der Waals surface area contributed by atoms with E-state index in [4.69, 9.17) is 5.73 Å². The van der Waals surface area contributed by atoms with Gasteiger partial charge in [-0.25, -0.2) is 9.97 Å². The third kappa shape index (κ3) is 1.88. The van der Waals surface area contributed by atoms with Gasteiger partial charge in [0.1, 0.15) is 10.7 Å². The van der Waals surface area contributed by atoms with Gasteiger partial charge in [-0.15, -0.1) is 22.7 Å². The van der Waals surface area contributed by atoms with Crippen molar-refractivity contribution in [1.82, 2.24) is 14.5 Å². The molecule has 0 amide bonds. The Morgan fingerprint density at radius 3 is 2.94 bits per heavy atom. The second-order valence-corrected chi connectivity index (χ2v) is 5.86. The molecule has 92 valence electrons. The molecular formula is C12H12N4S2. The molecule has 3 aromatic heterocycles. The van der Waals surface area contributed by atoms with Crippen molar-refractivity contribution in [2.24, 2.45) is 12.8 Å². The number of aryl methyl sites for hydroxylation is 1. The minimum absolute atomic E-state index is 0.466. The van der Waals surface area contributed by atoms with Crippen LogP contribution in [0.5, 0.6) is 0 Å². The Labute approximate surface area is 113 Å². The molecule has 0 aromatic carbocycles. The molecule has 3 heterocycles. The fraction of sp³-hybridized carbons (Fsp3) is 0.167. The van der Waals surface area contributed by atoms with Crippen molar-refractivity contribution in [3.8, 4) is 21.3 Å². The molecule has 3 rings (SSSR count). The number of thiazole rings is 1. The van der Waals surface area contributed by atoms with Crippen LogP contribution >= 0.6 is 22.7 Å². The van der Waals surface area contributed by atoms with Gasteiger partial charge in [-0.2, -0.15) is 0 Å². The van der Waals surface area contributed by atoms with Crippen LogP contribution in [0.15, 0.2) is 29.9 Å². The van der Waals surface area contributed by atoms with E-state index >= 15 is 0 Å². The van der Waals surface area contributed by atoms with Gasteiger partial charge in [0.2, 0.25) is 0 Å². The Morgan fingerprint density at radius 1 is 1.44 bits per heavy atom. The molecule has 0 bridgehead atoms. The van der Waals surface area contributed by atoms with E-state index in [0.717, 1.165) is 21.4 Å². The van der Waals surface area contributed by atoms with Crippen LogP contribution in [-0.2, 0) is 13.6 Å². The average Bonchev–Trinajstić information content (AvgIpc) is 3.07. The molecule has 0 unspecified atom stereocenters. The number of hydrogen-bond acceptors (Lipinski definition) is 5. The fourth-order valence-corrected chi connectivity index (χ4v) is 3.56. The topological polar surface area (TPSA) is 56.7 Å². The molecule has 0 saturated carbocycles. The monoisotopic (exact) mass is 276 g/mol. The van der Waals surface area contributed by atoms with E-state index in [1.807, 2.05) is 23.9 Å². The minimum atomic E-state index is 0.466. The minimum Gasteiger partial charge on any atom is -0.333 e.